The van der Waals surface area contributed by atoms with E-state index in [4.69, 9.17) is 16.3 Å². The number of carbonyl (C=O) groups is 2. The number of fused-ring (bicyclic) bond motifs is 4. The maximum absolute atomic E-state index is 13.5. The predicted molar refractivity (Wildman–Crippen MR) is 188 cm³/mol. The van der Waals surface area contributed by atoms with Gasteiger partial charge >= 0.3 is 0 Å². The molecule has 0 aromatic heterocycles. The van der Waals surface area contributed by atoms with Crippen LogP contribution in [0.2, 0.25) is 5.02 Å². The van der Waals surface area contributed by atoms with E-state index in [1.165, 1.54) is 16.0 Å². The van der Waals surface area contributed by atoms with Gasteiger partial charge in [-0.3, -0.25) is 9.59 Å². The average Bonchev–Trinajstić information content (AvgIpc) is 3.17. The Labute approximate surface area is 289 Å². The highest BCUT2D eigenvalue weighted by atomic mass is 35.5. The van der Waals surface area contributed by atoms with Crippen LogP contribution in [0, 0.1) is 23.7 Å². The number of rotatable bonds is 2. The first-order valence-electron chi connectivity index (χ1n) is 17.1. The Morgan fingerprint density at radius 1 is 1.17 bits per heavy atom. The fraction of sp³-hybridized carbons (Fsp3) is 0.568. The number of nitrogens with zero attached hydrogens (tertiary/aromatic N) is 2. The number of benzene rings is 2. The number of amides is 2. The maximum atomic E-state index is 13.5. The van der Waals surface area contributed by atoms with E-state index in [1.54, 1.807) is 52.2 Å². The van der Waals surface area contributed by atoms with Crippen LogP contribution in [-0.4, -0.2) is 74.9 Å². The summed E-state index contributed by atoms with van der Waals surface area (Å²) in [5, 5.41) is 12.3. The molecule has 48 heavy (non-hydrogen) atoms. The third-order valence-corrected chi connectivity index (χ3v) is 13.8. The number of aliphatic hydroxyl groups is 1. The summed E-state index contributed by atoms with van der Waals surface area (Å²) in [5.74, 6) is -1.44. The number of nitrogens with one attached hydrogen (secondary N) is 1. The Kier molecular flexibility index (Phi) is 9.41. The molecule has 2 aromatic rings. The second-order valence-electron chi connectivity index (χ2n) is 14.9. The molecule has 11 heteroatoms. The number of aryl methyl sites for hydroxylation is 1. The number of halogens is 1. The van der Waals surface area contributed by atoms with Gasteiger partial charge < -0.3 is 19.6 Å². The average molecular weight is 698 g/mol. The molecule has 2 heterocycles. The Bertz CT molecular complexity index is 1730. The minimum atomic E-state index is -4.03. The molecule has 2 N–H and O–H groups in total. The summed E-state index contributed by atoms with van der Waals surface area (Å²) in [4.78, 5) is 30.7. The summed E-state index contributed by atoms with van der Waals surface area (Å²) in [6.07, 6.45) is 8.36. The van der Waals surface area contributed by atoms with Gasteiger partial charge in [-0.2, -0.15) is 0 Å². The molecule has 6 rings (SSSR count). The van der Waals surface area contributed by atoms with Crippen LogP contribution in [0.5, 0.6) is 5.75 Å². The van der Waals surface area contributed by atoms with Crippen molar-refractivity contribution in [2.75, 3.05) is 38.7 Å². The molecule has 4 aliphatic rings. The lowest BCUT2D eigenvalue weighted by Crippen LogP contribution is -2.57. The largest absolute Gasteiger partial charge is 0.490 e. The van der Waals surface area contributed by atoms with Crippen LogP contribution in [0.3, 0.4) is 0 Å². The van der Waals surface area contributed by atoms with Crippen LogP contribution >= 0.6 is 11.6 Å². The lowest BCUT2D eigenvalue weighted by atomic mass is 9.60. The second-order valence-corrected chi connectivity index (χ2v) is 17.3. The Hall–Kier alpha value is -3.08. The molecule has 1 spiro atoms. The molecule has 0 saturated heterocycles. The van der Waals surface area contributed by atoms with Crippen LogP contribution in [0.15, 0.2) is 48.6 Å². The van der Waals surface area contributed by atoms with E-state index in [9.17, 15) is 23.1 Å². The minimum Gasteiger partial charge on any atom is -0.490 e. The summed E-state index contributed by atoms with van der Waals surface area (Å²) < 4.78 is 35.7. The van der Waals surface area contributed by atoms with Gasteiger partial charge in [-0.05, 0) is 105 Å². The fourth-order valence-corrected chi connectivity index (χ4v) is 9.84. The summed E-state index contributed by atoms with van der Waals surface area (Å²) in [6, 6.07) is 11.2. The molecule has 1 unspecified atom stereocenters. The Morgan fingerprint density at radius 2 is 1.94 bits per heavy atom. The molecule has 1 saturated carbocycles. The molecular formula is C37H48ClN3O6S. The van der Waals surface area contributed by atoms with Crippen LogP contribution in [0.1, 0.15) is 74.4 Å². The zero-order chi connectivity index (χ0) is 34.6. The number of sulfonamides is 1. The smallest absolute Gasteiger partial charge is 0.264 e. The molecule has 0 radical (unpaired) electrons. The first-order chi connectivity index (χ1) is 22.6. The van der Waals surface area contributed by atoms with Gasteiger partial charge in [0.1, 0.15) is 5.75 Å². The van der Waals surface area contributed by atoms with Crippen molar-refractivity contribution in [1.29, 1.82) is 0 Å². The van der Waals surface area contributed by atoms with Crippen molar-refractivity contribution in [1.82, 2.24) is 9.62 Å². The van der Waals surface area contributed by atoms with Gasteiger partial charge in [0.25, 0.3) is 5.91 Å². The van der Waals surface area contributed by atoms with Gasteiger partial charge in [-0.1, -0.05) is 43.7 Å². The lowest BCUT2D eigenvalue weighted by Gasteiger charge is -2.51. The van der Waals surface area contributed by atoms with Crippen molar-refractivity contribution in [2.45, 2.75) is 75.6 Å². The third-order valence-electron chi connectivity index (χ3n) is 11.7. The molecule has 2 aliphatic heterocycles. The molecule has 2 aliphatic carbocycles. The molecule has 260 valence electrons. The lowest BCUT2D eigenvalue weighted by molar-refractivity contribution is -0.147. The van der Waals surface area contributed by atoms with Crippen molar-refractivity contribution >= 4 is 39.1 Å². The number of carbonyl (C=O) groups excluding carboxylic acids is 2. The van der Waals surface area contributed by atoms with E-state index in [-0.39, 0.29) is 34.6 Å². The Balaban J connectivity index is 1.47. The van der Waals surface area contributed by atoms with Crippen molar-refractivity contribution < 1.29 is 27.9 Å². The van der Waals surface area contributed by atoms with Crippen molar-refractivity contribution in [3.8, 4) is 5.75 Å². The maximum Gasteiger partial charge on any atom is 0.264 e. The quantitative estimate of drug-likeness (QED) is 0.407. The van der Waals surface area contributed by atoms with Crippen molar-refractivity contribution in [3.63, 3.8) is 0 Å². The fourth-order valence-electron chi connectivity index (χ4n) is 8.36. The number of anilines is 1. The topological polar surface area (TPSA) is 116 Å². The highest BCUT2D eigenvalue weighted by molar-refractivity contribution is 7.90. The van der Waals surface area contributed by atoms with Crippen LogP contribution in [-0.2, 0) is 26.7 Å². The molecule has 2 amide bonds. The van der Waals surface area contributed by atoms with E-state index >= 15 is 0 Å². The van der Waals surface area contributed by atoms with Crippen molar-refractivity contribution in [3.05, 3.63) is 70.3 Å². The first kappa shape index (κ1) is 34.8. The number of ether oxygens (including phenoxy) is 1. The predicted octanol–water partition coefficient (Wildman–Crippen LogP) is 5.34. The highest BCUT2D eigenvalue weighted by Gasteiger charge is 2.52. The molecule has 2 bridgehead atoms. The van der Waals surface area contributed by atoms with Gasteiger partial charge in [-0.25, -0.2) is 13.1 Å². The molecule has 2 aromatic carbocycles. The summed E-state index contributed by atoms with van der Waals surface area (Å²) >= 11 is 6.43. The monoisotopic (exact) mass is 697 g/mol. The second kappa shape index (κ2) is 13.0. The van der Waals surface area contributed by atoms with Gasteiger partial charge in [0, 0.05) is 43.2 Å². The van der Waals surface area contributed by atoms with Crippen LogP contribution in [0.4, 0.5) is 5.69 Å². The molecule has 7 atom stereocenters. The SMILES string of the molecule is CC(C(=O)N(C)C)[C@]1(O)/C=C/C[C@H](C)[C@@H](C)S(=O)(=O)NC(=O)c2ccc3c(c2)N(C[C@@H]2CC[C@H]21)C[C@@]1(CCCc2cc(Cl)ccc21)CO3. The van der Waals surface area contributed by atoms with Crippen LogP contribution in [0.25, 0.3) is 0 Å². The highest BCUT2D eigenvalue weighted by Crippen LogP contribution is 2.50. The molecular weight excluding hydrogens is 650 g/mol. The van der Waals surface area contributed by atoms with E-state index in [0.717, 1.165) is 32.1 Å². The normalized spacial score (nSPS) is 32.7. The Morgan fingerprint density at radius 3 is 2.65 bits per heavy atom. The van der Waals surface area contributed by atoms with E-state index < -0.39 is 32.7 Å². The number of hydrogen-bond donors (Lipinski definition) is 2. The van der Waals surface area contributed by atoms with Gasteiger partial charge in [0.15, 0.2) is 0 Å². The zero-order valence-corrected chi connectivity index (χ0v) is 30.1. The molecule has 1 fully saturated rings. The zero-order valence-electron chi connectivity index (χ0n) is 28.5. The van der Waals surface area contributed by atoms with Gasteiger partial charge in [0.2, 0.25) is 15.9 Å². The standard InChI is InChI=1S/C37H48ClN3O6S/c1-23-8-6-17-37(44,24(2)35(43)40(4)5)31-13-10-28(31)20-41-21-36(16-7-9-26-18-29(38)12-14-30(26)36)22-47-33-15-11-27(19-32(33)41)34(42)39-48(45,46)25(23)3/h6,11-12,14-15,17-19,23-25,28,31,44H,7-10,13,16,20-22H2,1-5H3,(H,39,42)/b17-6+/t23-,24?,25+,28-,31+,36-,37+/m0/s1. The van der Waals surface area contributed by atoms with E-state index in [1.807, 2.05) is 25.1 Å². The first-order valence-corrected chi connectivity index (χ1v) is 19.1. The van der Waals surface area contributed by atoms with Crippen LogP contribution < -0.4 is 14.4 Å². The molecule has 9 nitrogen and oxygen atoms in total. The summed E-state index contributed by atoms with van der Waals surface area (Å²) in [5.41, 5.74) is 1.59. The third kappa shape index (κ3) is 6.24. The number of hydrogen-bond acceptors (Lipinski definition) is 7. The van der Waals surface area contributed by atoms with Crippen molar-refractivity contribution in [2.24, 2.45) is 23.7 Å². The van der Waals surface area contributed by atoms with Gasteiger partial charge in [0.05, 0.1) is 29.1 Å². The van der Waals surface area contributed by atoms with E-state index in [2.05, 4.69) is 15.7 Å². The van der Waals surface area contributed by atoms with E-state index in [0.29, 0.717) is 42.6 Å². The summed E-state index contributed by atoms with van der Waals surface area (Å²) in [6.45, 7) is 6.80. The van der Waals surface area contributed by atoms with Gasteiger partial charge in [-0.15, -0.1) is 0 Å². The number of allylic oxidation sites excluding steroid dienone is 1. The minimum absolute atomic E-state index is 0.0513. The summed E-state index contributed by atoms with van der Waals surface area (Å²) in [7, 11) is -0.633.